The van der Waals surface area contributed by atoms with E-state index >= 15 is 0 Å². The van der Waals surface area contributed by atoms with Crippen molar-refractivity contribution in [3.05, 3.63) is 71.8 Å². The SMILES string of the molecule is COc1cccc(C2c3ccc4ccccc4c3OC(=NBr)C2(Br)C#N)c1. The Kier molecular flexibility index (Phi) is 4.67. The van der Waals surface area contributed by atoms with Crippen molar-refractivity contribution in [2.75, 3.05) is 7.11 Å². The first kappa shape index (κ1) is 18.0. The van der Waals surface area contributed by atoms with E-state index in [0.29, 0.717) is 5.75 Å². The molecule has 2 atom stereocenters. The van der Waals surface area contributed by atoms with Gasteiger partial charge in [-0.3, -0.25) is 0 Å². The van der Waals surface area contributed by atoms with E-state index in [-0.39, 0.29) is 11.8 Å². The van der Waals surface area contributed by atoms with Gasteiger partial charge in [0.05, 0.1) is 35.2 Å². The third-order valence-electron chi connectivity index (χ3n) is 4.80. The molecule has 1 aliphatic heterocycles. The Hall–Kier alpha value is -2.36. The fourth-order valence-electron chi connectivity index (χ4n) is 3.53. The van der Waals surface area contributed by atoms with Gasteiger partial charge < -0.3 is 9.47 Å². The van der Waals surface area contributed by atoms with E-state index in [1.54, 1.807) is 7.11 Å². The Balaban J connectivity index is 2.05. The number of alkyl halides is 1. The minimum Gasteiger partial charge on any atom is -0.497 e. The van der Waals surface area contributed by atoms with E-state index in [1.807, 2.05) is 60.7 Å². The third kappa shape index (κ3) is 2.82. The van der Waals surface area contributed by atoms with Gasteiger partial charge in [-0.2, -0.15) is 9.28 Å². The van der Waals surface area contributed by atoms with Gasteiger partial charge in [0.25, 0.3) is 0 Å². The fourth-order valence-corrected chi connectivity index (χ4v) is 4.80. The molecule has 27 heavy (non-hydrogen) atoms. The summed E-state index contributed by atoms with van der Waals surface area (Å²) in [6.45, 7) is 0. The monoisotopic (exact) mass is 484 g/mol. The van der Waals surface area contributed by atoms with E-state index in [2.05, 4.69) is 42.2 Å². The number of hydrogen-bond donors (Lipinski definition) is 0. The molecule has 6 heteroatoms. The second-order valence-electron chi connectivity index (χ2n) is 6.23. The van der Waals surface area contributed by atoms with Crippen molar-refractivity contribution in [2.24, 2.45) is 4.02 Å². The van der Waals surface area contributed by atoms with Crippen molar-refractivity contribution in [3.63, 3.8) is 0 Å². The molecule has 0 radical (unpaired) electrons. The van der Waals surface area contributed by atoms with Crippen molar-refractivity contribution >= 4 is 48.7 Å². The highest BCUT2D eigenvalue weighted by Crippen LogP contribution is 2.51. The molecule has 0 N–H and O–H groups in total. The van der Waals surface area contributed by atoms with Crippen molar-refractivity contribution in [1.29, 1.82) is 5.26 Å². The van der Waals surface area contributed by atoms with Crippen LogP contribution in [0.25, 0.3) is 10.8 Å². The number of methoxy groups -OCH3 is 1. The average molecular weight is 486 g/mol. The van der Waals surface area contributed by atoms with Crippen LogP contribution in [0.1, 0.15) is 17.0 Å². The standard InChI is InChI=1S/C21H14Br2N2O2/c1-26-15-7-4-6-14(11-15)18-17-10-9-13-5-2-3-8-16(13)19(17)27-20(25-23)21(18,22)12-24/h2-11,18H,1H3. The molecule has 0 fully saturated rings. The highest BCUT2D eigenvalue weighted by molar-refractivity contribution is 9.10. The molecule has 0 saturated carbocycles. The van der Waals surface area contributed by atoms with Gasteiger partial charge in [-0.1, -0.05) is 64.5 Å². The molecular weight excluding hydrogens is 472 g/mol. The highest BCUT2D eigenvalue weighted by atomic mass is 79.9. The van der Waals surface area contributed by atoms with E-state index in [4.69, 9.17) is 9.47 Å². The van der Waals surface area contributed by atoms with Crippen molar-refractivity contribution in [2.45, 2.75) is 10.2 Å². The Labute approximate surface area is 173 Å². The molecule has 0 saturated heterocycles. The van der Waals surface area contributed by atoms with Gasteiger partial charge in [-0.15, -0.1) is 0 Å². The lowest BCUT2D eigenvalue weighted by Crippen LogP contribution is -2.44. The number of rotatable bonds is 2. The minimum atomic E-state index is -1.15. The maximum Gasteiger partial charge on any atom is 0.233 e. The summed E-state index contributed by atoms with van der Waals surface area (Å²) in [6, 6.07) is 22.1. The summed E-state index contributed by atoms with van der Waals surface area (Å²) in [5.74, 6) is 1.37. The lowest BCUT2D eigenvalue weighted by Gasteiger charge is -2.37. The maximum atomic E-state index is 10.0. The number of benzene rings is 3. The molecule has 134 valence electrons. The predicted octanol–water partition coefficient (Wildman–Crippen LogP) is 5.74. The Morgan fingerprint density at radius 1 is 1.15 bits per heavy atom. The van der Waals surface area contributed by atoms with Gasteiger partial charge >= 0.3 is 0 Å². The van der Waals surface area contributed by atoms with Crippen LogP contribution in [0.5, 0.6) is 11.5 Å². The van der Waals surface area contributed by atoms with Crippen LogP contribution in [0.4, 0.5) is 0 Å². The Morgan fingerprint density at radius 3 is 2.70 bits per heavy atom. The molecule has 0 aromatic heterocycles. The number of nitrogens with zero attached hydrogens (tertiary/aromatic N) is 2. The van der Waals surface area contributed by atoms with Gasteiger partial charge in [0.15, 0.2) is 4.32 Å². The summed E-state index contributed by atoms with van der Waals surface area (Å²) >= 11 is 6.75. The molecule has 3 aromatic rings. The molecule has 4 rings (SSSR count). The zero-order valence-corrected chi connectivity index (χ0v) is 17.5. The van der Waals surface area contributed by atoms with Crippen LogP contribution in [-0.2, 0) is 0 Å². The summed E-state index contributed by atoms with van der Waals surface area (Å²) in [7, 11) is 1.63. The number of ether oxygens (including phenoxy) is 2. The molecular formula is C21H14Br2N2O2. The molecule has 2 unspecified atom stereocenters. The van der Waals surface area contributed by atoms with E-state index in [9.17, 15) is 5.26 Å². The predicted molar refractivity (Wildman–Crippen MR) is 113 cm³/mol. The van der Waals surface area contributed by atoms with Crippen LogP contribution in [-0.4, -0.2) is 17.3 Å². The summed E-state index contributed by atoms with van der Waals surface area (Å²) < 4.78 is 14.4. The molecule has 1 aliphatic rings. The summed E-state index contributed by atoms with van der Waals surface area (Å²) in [4.78, 5) is 0. The largest absolute Gasteiger partial charge is 0.497 e. The number of halogens is 2. The molecule has 0 bridgehead atoms. The molecule has 0 aliphatic carbocycles. The normalized spacial score (nSPS) is 22.7. The minimum absolute atomic E-state index is 0.265. The van der Waals surface area contributed by atoms with Crippen LogP contribution < -0.4 is 9.47 Å². The van der Waals surface area contributed by atoms with E-state index in [1.165, 1.54) is 0 Å². The second-order valence-corrected chi connectivity index (χ2v) is 7.84. The van der Waals surface area contributed by atoms with Crippen molar-refractivity contribution in [1.82, 2.24) is 0 Å². The third-order valence-corrected chi connectivity index (χ3v) is 6.09. The zero-order chi connectivity index (χ0) is 19.0. The number of fused-ring (bicyclic) bond motifs is 3. The van der Waals surface area contributed by atoms with Gasteiger partial charge in [-0.25, -0.2) is 0 Å². The highest BCUT2D eigenvalue weighted by Gasteiger charge is 2.50. The summed E-state index contributed by atoms with van der Waals surface area (Å²) in [5.41, 5.74) is 1.85. The first-order valence-corrected chi connectivity index (χ1v) is 9.75. The van der Waals surface area contributed by atoms with Gasteiger partial charge in [0.2, 0.25) is 5.90 Å². The topological polar surface area (TPSA) is 54.6 Å². The van der Waals surface area contributed by atoms with E-state index in [0.717, 1.165) is 27.6 Å². The number of nitriles is 1. The van der Waals surface area contributed by atoms with Crippen LogP contribution >= 0.6 is 32.1 Å². The molecule has 3 aromatic carbocycles. The van der Waals surface area contributed by atoms with Crippen LogP contribution in [0, 0.1) is 11.3 Å². The lowest BCUT2D eigenvalue weighted by atomic mass is 9.78. The number of hydrogen-bond acceptors (Lipinski definition) is 4. The van der Waals surface area contributed by atoms with Gasteiger partial charge in [0, 0.05) is 10.9 Å². The van der Waals surface area contributed by atoms with Gasteiger partial charge in [0.1, 0.15) is 11.5 Å². The average Bonchev–Trinajstić information content (AvgIpc) is 2.72. The quantitative estimate of drug-likeness (QED) is 0.435. The van der Waals surface area contributed by atoms with Crippen molar-refractivity contribution < 1.29 is 9.47 Å². The summed E-state index contributed by atoms with van der Waals surface area (Å²) in [5, 5.41) is 12.1. The van der Waals surface area contributed by atoms with Crippen LogP contribution in [0.3, 0.4) is 0 Å². The van der Waals surface area contributed by atoms with E-state index < -0.39 is 4.32 Å². The second kappa shape index (κ2) is 6.99. The lowest BCUT2D eigenvalue weighted by molar-refractivity contribution is 0.413. The maximum absolute atomic E-state index is 10.0. The first-order chi connectivity index (χ1) is 13.1. The molecule has 1 heterocycles. The fraction of sp³-hybridized carbons (Fsp3) is 0.143. The van der Waals surface area contributed by atoms with Gasteiger partial charge in [-0.05, 0) is 23.1 Å². The van der Waals surface area contributed by atoms with Crippen LogP contribution in [0.2, 0.25) is 0 Å². The molecule has 0 spiro atoms. The zero-order valence-electron chi connectivity index (χ0n) is 14.3. The summed E-state index contributed by atoms with van der Waals surface area (Å²) in [6.07, 6.45) is 0. The first-order valence-electron chi connectivity index (χ1n) is 8.25. The van der Waals surface area contributed by atoms with Crippen LogP contribution in [0.15, 0.2) is 64.7 Å². The smallest absolute Gasteiger partial charge is 0.233 e. The molecule has 4 nitrogen and oxygen atoms in total. The Morgan fingerprint density at radius 2 is 1.96 bits per heavy atom. The Bertz CT molecular complexity index is 1110. The molecule has 0 amide bonds. The van der Waals surface area contributed by atoms with Crippen molar-refractivity contribution in [3.8, 4) is 17.6 Å².